The van der Waals surface area contributed by atoms with Crippen molar-refractivity contribution < 1.29 is 9.53 Å². The lowest BCUT2D eigenvalue weighted by Gasteiger charge is -2.02. The molecular formula is C20H16N4O2S. The number of fused-ring (bicyclic) bond motifs is 2. The summed E-state index contributed by atoms with van der Waals surface area (Å²) in [6.45, 7) is 2.13. The van der Waals surface area contributed by atoms with Crippen molar-refractivity contribution in [1.29, 1.82) is 0 Å². The number of pyridine rings is 1. The van der Waals surface area contributed by atoms with Gasteiger partial charge in [-0.1, -0.05) is 23.3 Å². The number of benzene rings is 1. The highest BCUT2D eigenvalue weighted by molar-refractivity contribution is 7.16. The molecule has 0 bridgehead atoms. The lowest BCUT2D eigenvalue weighted by molar-refractivity contribution is 0.0991. The Labute approximate surface area is 159 Å². The van der Waals surface area contributed by atoms with Gasteiger partial charge in [-0.3, -0.25) is 9.20 Å². The monoisotopic (exact) mass is 376 g/mol. The number of amides is 1. The van der Waals surface area contributed by atoms with Crippen LogP contribution < -0.4 is 9.54 Å². The number of aromatic nitrogens is 3. The third-order valence-electron chi connectivity index (χ3n) is 4.24. The molecule has 0 N–H and O–H groups in total. The Morgan fingerprint density at radius 1 is 1.37 bits per heavy atom. The standard InChI is InChI=1S/C20H16N4O2S/c1-4-10-23-15-9-8-14(26-3)12-16(15)27-20(23)22-19(25)18-13(2)21-17-7-5-6-11-24(17)18/h1,5-9,11-12H,10H2,2-3H3. The van der Waals surface area contributed by atoms with E-state index in [1.807, 2.05) is 47.2 Å². The van der Waals surface area contributed by atoms with Crippen LogP contribution in [0.25, 0.3) is 15.9 Å². The molecule has 0 fully saturated rings. The SMILES string of the molecule is C#CCn1c(=NC(=O)c2c(C)nc3ccccn23)sc2cc(OC)ccc21. The molecule has 0 atom stereocenters. The van der Waals surface area contributed by atoms with E-state index in [0.29, 0.717) is 28.4 Å². The summed E-state index contributed by atoms with van der Waals surface area (Å²) in [7, 11) is 1.62. The number of methoxy groups -OCH3 is 1. The summed E-state index contributed by atoms with van der Waals surface area (Å²) in [5, 5.41) is 0. The van der Waals surface area contributed by atoms with E-state index < -0.39 is 0 Å². The molecule has 1 aromatic carbocycles. The predicted molar refractivity (Wildman–Crippen MR) is 105 cm³/mol. The molecule has 4 aromatic rings. The van der Waals surface area contributed by atoms with Crippen LogP contribution in [-0.2, 0) is 6.54 Å². The van der Waals surface area contributed by atoms with Crippen molar-refractivity contribution in [3.63, 3.8) is 0 Å². The lowest BCUT2D eigenvalue weighted by Crippen LogP contribution is -2.17. The van der Waals surface area contributed by atoms with Crippen LogP contribution in [0.1, 0.15) is 16.2 Å². The van der Waals surface area contributed by atoms with Gasteiger partial charge >= 0.3 is 0 Å². The van der Waals surface area contributed by atoms with Crippen LogP contribution in [0.4, 0.5) is 0 Å². The molecule has 0 aliphatic rings. The maximum absolute atomic E-state index is 13.0. The Hall–Kier alpha value is -3.37. The maximum atomic E-state index is 13.0. The average molecular weight is 376 g/mol. The molecule has 4 rings (SSSR count). The Bertz CT molecular complexity index is 1290. The highest BCUT2D eigenvalue weighted by atomic mass is 32.1. The molecule has 134 valence electrons. The van der Waals surface area contributed by atoms with Crippen LogP contribution in [0.5, 0.6) is 5.75 Å². The normalized spacial score (nSPS) is 11.8. The molecular weight excluding hydrogens is 360 g/mol. The predicted octanol–water partition coefficient (Wildman–Crippen LogP) is 3.04. The van der Waals surface area contributed by atoms with Gasteiger partial charge in [-0.05, 0) is 37.3 Å². The summed E-state index contributed by atoms with van der Waals surface area (Å²) in [6.07, 6.45) is 7.34. The number of ether oxygens (including phenoxy) is 1. The van der Waals surface area contributed by atoms with Crippen molar-refractivity contribution in [2.24, 2.45) is 4.99 Å². The van der Waals surface area contributed by atoms with Crippen LogP contribution in [0.3, 0.4) is 0 Å². The number of nitrogens with zero attached hydrogens (tertiary/aromatic N) is 4. The van der Waals surface area contributed by atoms with E-state index >= 15 is 0 Å². The Balaban J connectivity index is 1.91. The van der Waals surface area contributed by atoms with E-state index in [2.05, 4.69) is 15.9 Å². The minimum absolute atomic E-state index is 0.324. The third-order valence-corrected chi connectivity index (χ3v) is 5.28. The van der Waals surface area contributed by atoms with Crippen LogP contribution in [0, 0.1) is 19.3 Å². The van der Waals surface area contributed by atoms with Gasteiger partial charge in [-0.2, -0.15) is 4.99 Å². The molecule has 1 amide bonds. The quantitative estimate of drug-likeness (QED) is 0.517. The van der Waals surface area contributed by atoms with Crippen LogP contribution in [0.2, 0.25) is 0 Å². The second-order valence-corrected chi connectivity index (χ2v) is 6.91. The first-order valence-corrected chi connectivity index (χ1v) is 9.07. The summed E-state index contributed by atoms with van der Waals surface area (Å²) in [4.78, 5) is 22.3. The molecule has 0 aliphatic carbocycles. The number of carbonyl (C=O) groups is 1. The van der Waals surface area contributed by atoms with Gasteiger partial charge in [-0.15, -0.1) is 6.42 Å². The van der Waals surface area contributed by atoms with E-state index in [0.717, 1.165) is 16.0 Å². The minimum Gasteiger partial charge on any atom is -0.497 e. The summed E-state index contributed by atoms with van der Waals surface area (Å²) < 4.78 is 9.84. The van der Waals surface area contributed by atoms with E-state index in [9.17, 15) is 4.79 Å². The van der Waals surface area contributed by atoms with Gasteiger partial charge in [0.1, 0.15) is 17.1 Å². The second kappa shape index (κ2) is 6.74. The molecule has 0 saturated carbocycles. The number of terminal acetylenes is 1. The van der Waals surface area contributed by atoms with Crippen LogP contribution in [-0.4, -0.2) is 27.0 Å². The van der Waals surface area contributed by atoms with Gasteiger partial charge < -0.3 is 9.30 Å². The Morgan fingerprint density at radius 3 is 3.00 bits per heavy atom. The fourth-order valence-corrected chi connectivity index (χ4v) is 4.08. The van der Waals surface area contributed by atoms with Crippen LogP contribution >= 0.6 is 11.3 Å². The topological polar surface area (TPSA) is 60.9 Å². The van der Waals surface area contributed by atoms with E-state index in [1.54, 1.807) is 18.4 Å². The zero-order valence-corrected chi connectivity index (χ0v) is 15.7. The number of hydrogen-bond acceptors (Lipinski definition) is 4. The summed E-state index contributed by atoms with van der Waals surface area (Å²) in [5.41, 5.74) is 2.72. The summed E-state index contributed by atoms with van der Waals surface area (Å²) in [5.74, 6) is 3.02. The van der Waals surface area contributed by atoms with E-state index in [4.69, 9.17) is 11.2 Å². The molecule has 6 nitrogen and oxygen atoms in total. The second-order valence-electron chi connectivity index (χ2n) is 5.90. The van der Waals surface area contributed by atoms with Gasteiger partial charge in [0, 0.05) is 6.20 Å². The number of rotatable bonds is 3. The van der Waals surface area contributed by atoms with Crippen molar-refractivity contribution in [2.75, 3.05) is 7.11 Å². The van der Waals surface area contributed by atoms with Crippen molar-refractivity contribution in [3.8, 4) is 18.1 Å². The summed E-state index contributed by atoms with van der Waals surface area (Å²) in [6, 6.07) is 11.3. The van der Waals surface area contributed by atoms with Gasteiger partial charge in [-0.25, -0.2) is 4.98 Å². The first kappa shape index (κ1) is 17.1. The number of aryl methyl sites for hydroxylation is 1. The fourth-order valence-electron chi connectivity index (χ4n) is 3.02. The van der Waals surface area contributed by atoms with E-state index in [-0.39, 0.29) is 5.91 Å². The highest BCUT2D eigenvalue weighted by Gasteiger charge is 2.16. The van der Waals surface area contributed by atoms with Gasteiger partial charge in [0.25, 0.3) is 5.91 Å². The van der Waals surface area contributed by atoms with Crippen molar-refractivity contribution in [1.82, 2.24) is 14.0 Å². The zero-order valence-electron chi connectivity index (χ0n) is 14.8. The average Bonchev–Trinajstić information content (AvgIpc) is 3.18. The first-order valence-electron chi connectivity index (χ1n) is 8.26. The molecule has 3 heterocycles. The van der Waals surface area contributed by atoms with E-state index in [1.165, 1.54) is 11.3 Å². The molecule has 0 aliphatic heterocycles. The number of hydrogen-bond donors (Lipinski definition) is 0. The molecule has 27 heavy (non-hydrogen) atoms. The molecule has 3 aromatic heterocycles. The van der Waals surface area contributed by atoms with Gasteiger partial charge in [0.2, 0.25) is 0 Å². The van der Waals surface area contributed by atoms with Crippen LogP contribution in [0.15, 0.2) is 47.6 Å². The highest BCUT2D eigenvalue weighted by Crippen LogP contribution is 2.23. The number of imidazole rings is 1. The maximum Gasteiger partial charge on any atom is 0.298 e. The lowest BCUT2D eigenvalue weighted by atomic mass is 10.3. The molecule has 0 unspecified atom stereocenters. The fraction of sp³-hybridized carbons (Fsp3) is 0.150. The van der Waals surface area contributed by atoms with Crippen molar-refractivity contribution >= 4 is 33.1 Å². The number of carbonyl (C=O) groups excluding carboxylic acids is 1. The molecule has 7 heteroatoms. The van der Waals surface area contributed by atoms with Gasteiger partial charge in [0.05, 0.1) is 29.6 Å². The summed E-state index contributed by atoms with van der Waals surface area (Å²) >= 11 is 1.40. The van der Waals surface area contributed by atoms with Gasteiger partial charge in [0.15, 0.2) is 4.80 Å². The number of thiazole rings is 1. The zero-order chi connectivity index (χ0) is 19.0. The largest absolute Gasteiger partial charge is 0.497 e. The Kier molecular flexibility index (Phi) is 4.26. The third kappa shape index (κ3) is 2.90. The van der Waals surface area contributed by atoms with Crippen molar-refractivity contribution in [2.45, 2.75) is 13.5 Å². The molecule has 0 spiro atoms. The van der Waals surface area contributed by atoms with Crippen molar-refractivity contribution in [3.05, 3.63) is 58.8 Å². The smallest absolute Gasteiger partial charge is 0.298 e. The first-order chi connectivity index (χ1) is 13.1. The molecule has 0 radical (unpaired) electrons. The minimum atomic E-state index is -0.351. The molecule has 0 saturated heterocycles. The Morgan fingerprint density at radius 2 is 2.22 bits per heavy atom.